The molecule has 0 bridgehead atoms. The van der Waals surface area contributed by atoms with Crippen LogP contribution < -0.4 is 10.5 Å². The van der Waals surface area contributed by atoms with Gasteiger partial charge in [0.25, 0.3) is 0 Å². The summed E-state index contributed by atoms with van der Waals surface area (Å²) in [5, 5.41) is 14.0. The standard InChI is InChI=1S/C12H14BrN3O3/c1-3-6-4-7(18-2)11(17)9(10(6)13)12-15-8(5-14)19-16-12/h4,17H,3,5,14H2,1-2H3. The van der Waals surface area contributed by atoms with Crippen molar-refractivity contribution >= 4 is 15.9 Å². The summed E-state index contributed by atoms with van der Waals surface area (Å²) in [6.07, 6.45) is 0.770. The molecule has 0 spiro atoms. The molecule has 1 aromatic heterocycles. The SMILES string of the molecule is CCc1cc(OC)c(O)c(-c2noc(CN)n2)c1Br. The van der Waals surface area contributed by atoms with E-state index in [9.17, 15) is 5.11 Å². The number of phenolic OH excluding ortho intramolecular Hbond substituents is 1. The lowest BCUT2D eigenvalue weighted by molar-refractivity contribution is 0.371. The Morgan fingerprint density at radius 1 is 1.53 bits per heavy atom. The van der Waals surface area contributed by atoms with Crippen LogP contribution >= 0.6 is 15.9 Å². The second-order valence-corrected chi connectivity index (χ2v) is 4.64. The Kier molecular flexibility index (Phi) is 4.06. The lowest BCUT2D eigenvalue weighted by Gasteiger charge is -2.12. The van der Waals surface area contributed by atoms with Crippen LogP contribution in [-0.2, 0) is 13.0 Å². The molecule has 2 rings (SSSR count). The van der Waals surface area contributed by atoms with E-state index in [1.807, 2.05) is 6.92 Å². The normalized spacial score (nSPS) is 10.7. The predicted octanol–water partition coefficient (Wildman–Crippen LogP) is 2.23. The third-order valence-electron chi connectivity index (χ3n) is 2.74. The fourth-order valence-electron chi connectivity index (χ4n) is 1.73. The first-order valence-corrected chi connectivity index (χ1v) is 6.53. The van der Waals surface area contributed by atoms with Crippen LogP contribution in [0.25, 0.3) is 11.4 Å². The summed E-state index contributed by atoms with van der Waals surface area (Å²) >= 11 is 3.46. The van der Waals surface area contributed by atoms with E-state index >= 15 is 0 Å². The molecule has 0 saturated carbocycles. The van der Waals surface area contributed by atoms with Crippen LogP contribution in [0.5, 0.6) is 11.5 Å². The number of hydrogen-bond donors (Lipinski definition) is 2. The third-order valence-corrected chi connectivity index (χ3v) is 3.65. The molecule has 0 saturated heterocycles. The van der Waals surface area contributed by atoms with Gasteiger partial charge in [-0.05, 0) is 34.0 Å². The number of methoxy groups -OCH3 is 1. The minimum atomic E-state index is -0.0315. The van der Waals surface area contributed by atoms with E-state index in [-0.39, 0.29) is 18.1 Å². The van der Waals surface area contributed by atoms with Crippen molar-refractivity contribution in [1.82, 2.24) is 10.1 Å². The highest BCUT2D eigenvalue weighted by Gasteiger charge is 2.21. The zero-order valence-electron chi connectivity index (χ0n) is 10.6. The maximum absolute atomic E-state index is 10.2. The Bertz CT molecular complexity index is 570. The monoisotopic (exact) mass is 327 g/mol. The molecule has 3 N–H and O–H groups in total. The molecule has 0 unspecified atom stereocenters. The Balaban J connectivity index is 2.66. The highest BCUT2D eigenvalue weighted by atomic mass is 79.9. The quantitative estimate of drug-likeness (QED) is 0.894. The van der Waals surface area contributed by atoms with E-state index in [0.717, 1.165) is 16.5 Å². The summed E-state index contributed by atoms with van der Waals surface area (Å²) in [6.45, 7) is 2.15. The van der Waals surface area contributed by atoms with Crippen LogP contribution in [-0.4, -0.2) is 22.4 Å². The van der Waals surface area contributed by atoms with E-state index in [1.54, 1.807) is 6.07 Å². The molecule has 2 aromatic rings. The van der Waals surface area contributed by atoms with Crippen molar-refractivity contribution < 1.29 is 14.4 Å². The van der Waals surface area contributed by atoms with Crippen LogP contribution in [0.2, 0.25) is 0 Å². The summed E-state index contributed by atoms with van der Waals surface area (Å²) in [6, 6.07) is 1.77. The van der Waals surface area contributed by atoms with Gasteiger partial charge in [0.1, 0.15) is 0 Å². The maximum Gasteiger partial charge on any atom is 0.240 e. The zero-order chi connectivity index (χ0) is 14.0. The van der Waals surface area contributed by atoms with Crippen LogP contribution in [0.1, 0.15) is 18.4 Å². The van der Waals surface area contributed by atoms with Gasteiger partial charge >= 0.3 is 0 Å². The number of hydrogen-bond acceptors (Lipinski definition) is 6. The molecule has 1 aromatic carbocycles. The number of nitrogens with zero attached hydrogens (tertiary/aromatic N) is 2. The summed E-state index contributed by atoms with van der Waals surface area (Å²) in [4.78, 5) is 4.12. The van der Waals surface area contributed by atoms with Crippen molar-refractivity contribution in [2.75, 3.05) is 7.11 Å². The number of ether oxygens (including phenoxy) is 1. The molecule has 7 heteroatoms. The molecule has 102 valence electrons. The maximum atomic E-state index is 10.2. The van der Waals surface area contributed by atoms with Gasteiger partial charge in [-0.25, -0.2) is 0 Å². The van der Waals surface area contributed by atoms with Gasteiger partial charge in [0.15, 0.2) is 11.5 Å². The molecule has 0 aliphatic carbocycles. The topological polar surface area (TPSA) is 94.4 Å². The number of nitrogens with two attached hydrogens (primary N) is 1. The Labute approximate surface area is 118 Å². The average molecular weight is 328 g/mol. The molecule has 19 heavy (non-hydrogen) atoms. The largest absolute Gasteiger partial charge is 0.504 e. The molecular weight excluding hydrogens is 314 g/mol. The van der Waals surface area contributed by atoms with E-state index in [4.69, 9.17) is 15.0 Å². The lowest BCUT2D eigenvalue weighted by Crippen LogP contribution is -1.97. The van der Waals surface area contributed by atoms with Crippen LogP contribution in [0, 0.1) is 0 Å². The molecule has 0 fully saturated rings. The van der Waals surface area contributed by atoms with Crippen LogP contribution in [0.3, 0.4) is 0 Å². The van der Waals surface area contributed by atoms with Gasteiger partial charge in [0.05, 0.1) is 19.2 Å². The molecule has 0 aliphatic heterocycles. The van der Waals surface area contributed by atoms with Gasteiger partial charge in [0.2, 0.25) is 11.7 Å². The summed E-state index contributed by atoms with van der Waals surface area (Å²) in [7, 11) is 1.49. The van der Waals surface area contributed by atoms with Gasteiger partial charge in [-0.3, -0.25) is 0 Å². The number of benzene rings is 1. The van der Waals surface area contributed by atoms with E-state index in [1.165, 1.54) is 7.11 Å². The Hall–Kier alpha value is -1.60. The molecule has 0 radical (unpaired) electrons. The summed E-state index contributed by atoms with van der Waals surface area (Å²) in [5.74, 6) is 0.922. The molecular formula is C12H14BrN3O3. The molecule has 0 atom stereocenters. The van der Waals surface area contributed by atoms with E-state index < -0.39 is 0 Å². The van der Waals surface area contributed by atoms with E-state index in [2.05, 4.69) is 26.1 Å². The van der Waals surface area contributed by atoms with Crippen molar-refractivity contribution in [2.45, 2.75) is 19.9 Å². The second kappa shape index (κ2) is 5.58. The minimum Gasteiger partial charge on any atom is -0.504 e. The Morgan fingerprint density at radius 3 is 2.79 bits per heavy atom. The third kappa shape index (κ3) is 2.43. The predicted molar refractivity (Wildman–Crippen MR) is 72.9 cm³/mol. The number of aromatic hydroxyl groups is 1. The number of aryl methyl sites for hydroxylation is 1. The average Bonchev–Trinajstić information content (AvgIpc) is 2.88. The van der Waals surface area contributed by atoms with Crippen molar-refractivity contribution in [3.8, 4) is 22.9 Å². The molecule has 0 amide bonds. The number of phenols is 1. The number of aromatic nitrogens is 2. The first-order chi connectivity index (χ1) is 9.12. The summed E-state index contributed by atoms with van der Waals surface area (Å²) in [5.41, 5.74) is 6.85. The van der Waals surface area contributed by atoms with Gasteiger partial charge < -0.3 is 20.1 Å². The van der Waals surface area contributed by atoms with Gasteiger partial charge in [-0.2, -0.15) is 4.98 Å². The second-order valence-electron chi connectivity index (χ2n) is 3.84. The smallest absolute Gasteiger partial charge is 0.240 e. The van der Waals surface area contributed by atoms with Crippen molar-refractivity contribution in [2.24, 2.45) is 5.73 Å². The first-order valence-electron chi connectivity index (χ1n) is 5.73. The Morgan fingerprint density at radius 2 is 2.26 bits per heavy atom. The first kappa shape index (κ1) is 13.8. The molecule has 6 nitrogen and oxygen atoms in total. The fourth-order valence-corrected chi connectivity index (χ4v) is 2.49. The molecule has 0 aliphatic rings. The zero-order valence-corrected chi connectivity index (χ0v) is 12.2. The highest BCUT2D eigenvalue weighted by Crippen LogP contribution is 2.43. The van der Waals surface area contributed by atoms with Gasteiger partial charge in [-0.15, -0.1) is 0 Å². The molecule has 1 heterocycles. The highest BCUT2D eigenvalue weighted by molar-refractivity contribution is 9.10. The van der Waals surface area contributed by atoms with Gasteiger partial charge in [-0.1, -0.05) is 12.1 Å². The van der Waals surface area contributed by atoms with Crippen LogP contribution in [0.15, 0.2) is 15.1 Å². The minimum absolute atomic E-state index is 0.0315. The van der Waals surface area contributed by atoms with Crippen LogP contribution in [0.4, 0.5) is 0 Å². The van der Waals surface area contributed by atoms with E-state index in [0.29, 0.717) is 17.2 Å². The summed E-state index contributed by atoms with van der Waals surface area (Å²) < 4.78 is 10.8. The van der Waals surface area contributed by atoms with Gasteiger partial charge in [0, 0.05) is 4.47 Å². The van der Waals surface area contributed by atoms with Crippen molar-refractivity contribution in [3.05, 3.63) is 22.0 Å². The lowest BCUT2D eigenvalue weighted by atomic mass is 10.1. The fraction of sp³-hybridized carbons (Fsp3) is 0.333. The van der Waals surface area contributed by atoms with Crippen molar-refractivity contribution in [1.29, 1.82) is 0 Å². The number of rotatable bonds is 4. The van der Waals surface area contributed by atoms with Crippen molar-refractivity contribution in [3.63, 3.8) is 0 Å². The number of halogens is 1.